The average Bonchev–Trinajstić information content (AvgIpc) is 2.95. The van der Waals surface area contributed by atoms with Crippen LogP contribution in [0.5, 0.6) is 0 Å². The zero-order valence-electron chi connectivity index (χ0n) is 18.4. The Hall–Kier alpha value is -3.26. The Bertz CT molecular complexity index is 1140. The maximum absolute atomic E-state index is 14.9. The van der Waals surface area contributed by atoms with Gasteiger partial charge in [-0.1, -0.05) is 24.3 Å². The van der Waals surface area contributed by atoms with Crippen LogP contribution in [-0.2, 0) is 17.6 Å². The van der Waals surface area contributed by atoms with Crippen LogP contribution in [0.1, 0.15) is 42.0 Å². The molecule has 3 aliphatic rings. The van der Waals surface area contributed by atoms with Gasteiger partial charge < -0.3 is 15.1 Å². The second-order valence-corrected chi connectivity index (χ2v) is 9.00. The quantitative estimate of drug-likeness (QED) is 0.732. The van der Waals surface area contributed by atoms with Crippen LogP contribution in [0, 0.1) is 11.6 Å². The molecule has 2 heterocycles. The molecule has 2 aromatic carbocycles. The summed E-state index contributed by atoms with van der Waals surface area (Å²) >= 11 is 0. The summed E-state index contributed by atoms with van der Waals surface area (Å²) in [4.78, 5) is 14.8. The molecule has 1 fully saturated rings. The molecule has 6 nitrogen and oxygen atoms in total. The van der Waals surface area contributed by atoms with Gasteiger partial charge in [-0.05, 0) is 61.1 Å². The van der Waals surface area contributed by atoms with Gasteiger partial charge in [0.05, 0.1) is 12.3 Å². The number of rotatable bonds is 2. The molecule has 2 N–H and O–H groups in total. The largest absolute Gasteiger partial charge is 0.507 e. The second-order valence-electron chi connectivity index (χ2n) is 9.00. The minimum Gasteiger partial charge on any atom is -0.507 e. The molecule has 0 spiro atoms. The van der Waals surface area contributed by atoms with Crippen molar-refractivity contribution in [2.24, 2.45) is 5.10 Å². The van der Waals surface area contributed by atoms with Gasteiger partial charge in [-0.3, -0.25) is 9.80 Å². The molecule has 1 saturated heterocycles. The molecule has 0 radical (unpaired) electrons. The second kappa shape index (κ2) is 7.95. The Morgan fingerprint density at radius 2 is 1.61 bits per heavy atom. The molecule has 0 aromatic heterocycles. The first-order valence-electron chi connectivity index (χ1n) is 11.1. The molecule has 5 rings (SSSR count). The number of carbonyl (C=O) groups excluding carboxylic acids is 1. The molecule has 2 aliphatic heterocycles. The number of hydrogen-bond acceptors (Lipinski definition) is 5. The van der Waals surface area contributed by atoms with Gasteiger partial charge in [-0.25, -0.2) is 8.78 Å². The fourth-order valence-electron chi connectivity index (χ4n) is 5.26. The number of fused-ring (bicyclic) bond motifs is 3. The maximum atomic E-state index is 14.9. The summed E-state index contributed by atoms with van der Waals surface area (Å²) in [5.41, 5.74) is 2.35. The normalized spacial score (nSPS) is 22.9. The van der Waals surface area contributed by atoms with Gasteiger partial charge in [0.25, 0.3) is 5.91 Å². The number of halogens is 2. The highest BCUT2D eigenvalue weighted by Crippen LogP contribution is 2.43. The van der Waals surface area contributed by atoms with E-state index in [-0.39, 0.29) is 29.9 Å². The lowest BCUT2D eigenvalue weighted by Gasteiger charge is -2.47. The first-order chi connectivity index (χ1) is 15.8. The third kappa shape index (κ3) is 3.31. The lowest BCUT2D eigenvalue weighted by Crippen LogP contribution is -2.58. The first-order valence-corrected chi connectivity index (χ1v) is 11.1. The Morgan fingerprint density at radius 3 is 2.15 bits per heavy atom. The minimum atomic E-state index is -1.39. The summed E-state index contributed by atoms with van der Waals surface area (Å²) in [7, 11) is 0. The van der Waals surface area contributed by atoms with E-state index in [1.165, 1.54) is 23.4 Å². The van der Waals surface area contributed by atoms with Gasteiger partial charge in [0, 0.05) is 18.5 Å². The van der Waals surface area contributed by atoms with Crippen molar-refractivity contribution in [3.05, 3.63) is 81.7 Å². The van der Waals surface area contributed by atoms with Gasteiger partial charge in [0.2, 0.25) is 0 Å². The molecule has 1 amide bonds. The maximum Gasteiger partial charge on any atom is 0.276 e. The summed E-state index contributed by atoms with van der Waals surface area (Å²) in [6.45, 7) is 3.95. The van der Waals surface area contributed by atoms with Crippen LogP contribution >= 0.6 is 0 Å². The average molecular weight is 453 g/mol. The van der Waals surface area contributed by atoms with Gasteiger partial charge in [0.15, 0.2) is 11.5 Å². The van der Waals surface area contributed by atoms with Crippen molar-refractivity contribution >= 4 is 12.1 Å². The lowest BCUT2D eigenvalue weighted by molar-refractivity contribution is -0.136. The van der Waals surface area contributed by atoms with E-state index >= 15 is 0 Å². The first kappa shape index (κ1) is 21.6. The Morgan fingerprint density at radius 1 is 1.03 bits per heavy atom. The SMILES string of the molecule is CC(C)N1CC(C2c3cccc(F)c3CCc3c(F)cccc32)N2N=CC(O)C(O)=C2C1=O. The molecular formula is C25H25F2N3O3. The third-order valence-corrected chi connectivity index (χ3v) is 6.86. The van der Waals surface area contributed by atoms with Gasteiger partial charge >= 0.3 is 0 Å². The van der Waals surface area contributed by atoms with Crippen molar-refractivity contribution < 1.29 is 23.8 Å². The van der Waals surface area contributed by atoms with E-state index in [0.717, 1.165) is 0 Å². The van der Waals surface area contributed by atoms with Crippen LogP contribution in [0.25, 0.3) is 0 Å². The summed E-state index contributed by atoms with van der Waals surface area (Å²) in [5.74, 6) is -2.14. The smallest absolute Gasteiger partial charge is 0.276 e. The van der Waals surface area contributed by atoms with Crippen molar-refractivity contribution in [2.45, 2.75) is 50.8 Å². The fraction of sp³-hybridized carbons (Fsp3) is 0.360. The Kier molecular flexibility index (Phi) is 5.20. The monoisotopic (exact) mass is 453 g/mol. The highest BCUT2D eigenvalue weighted by Gasteiger charge is 2.47. The van der Waals surface area contributed by atoms with Crippen molar-refractivity contribution in [1.82, 2.24) is 9.91 Å². The molecule has 8 heteroatoms. The van der Waals surface area contributed by atoms with Crippen LogP contribution in [0.4, 0.5) is 8.78 Å². The van der Waals surface area contributed by atoms with Crippen molar-refractivity contribution in [2.75, 3.05) is 6.54 Å². The fourth-order valence-corrected chi connectivity index (χ4v) is 5.26. The molecule has 2 unspecified atom stereocenters. The van der Waals surface area contributed by atoms with Crippen LogP contribution in [0.3, 0.4) is 0 Å². The predicted octanol–water partition coefficient (Wildman–Crippen LogP) is 3.25. The standard InChI is InChI=1S/C25H25F2N3O3/c1-13(2)29-12-20(30-23(25(29)33)24(32)21(31)11-28-30)22-16-5-3-7-18(26)14(16)9-10-15-17(22)6-4-8-19(15)27/h3-8,11,13,20-22,31-32H,9-10,12H2,1-2H3. The number of aliphatic hydroxyl groups is 2. The van der Waals surface area contributed by atoms with Crippen LogP contribution < -0.4 is 0 Å². The summed E-state index contributed by atoms with van der Waals surface area (Å²) in [6.07, 6.45) is 0.473. The number of hydrogen-bond donors (Lipinski definition) is 2. The van der Waals surface area contributed by atoms with E-state index in [4.69, 9.17) is 0 Å². The number of aliphatic hydroxyl groups excluding tert-OH is 2. The van der Waals surface area contributed by atoms with E-state index in [0.29, 0.717) is 35.1 Å². The Balaban J connectivity index is 1.76. The number of hydrazone groups is 1. The highest BCUT2D eigenvalue weighted by atomic mass is 19.1. The number of benzene rings is 2. The Labute approximate surface area is 190 Å². The van der Waals surface area contributed by atoms with Crippen molar-refractivity contribution in [3.63, 3.8) is 0 Å². The van der Waals surface area contributed by atoms with Crippen molar-refractivity contribution in [3.8, 4) is 0 Å². The van der Waals surface area contributed by atoms with E-state index in [1.807, 2.05) is 26.0 Å². The molecule has 2 aromatic rings. The molecule has 33 heavy (non-hydrogen) atoms. The number of amides is 1. The number of nitrogens with zero attached hydrogens (tertiary/aromatic N) is 3. The molecule has 172 valence electrons. The number of carbonyl (C=O) groups is 1. The lowest BCUT2D eigenvalue weighted by atomic mass is 9.80. The van der Waals surface area contributed by atoms with Gasteiger partial charge in [-0.2, -0.15) is 5.10 Å². The highest BCUT2D eigenvalue weighted by molar-refractivity contribution is 5.96. The topological polar surface area (TPSA) is 76.4 Å². The zero-order valence-corrected chi connectivity index (χ0v) is 18.4. The minimum absolute atomic E-state index is 0.102. The molecule has 0 bridgehead atoms. The van der Waals surface area contributed by atoms with E-state index in [9.17, 15) is 23.8 Å². The third-order valence-electron chi connectivity index (χ3n) is 6.86. The van der Waals surface area contributed by atoms with Crippen LogP contribution in [-0.4, -0.2) is 57.0 Å². The van der Waals surface area contributed by atoms with E-state index in [2.05, 4.69) is 5.10 Å². The zero-order chi connectivity index (χ0) is 23.4. The molecule has 1 aliphatic carbocycles. The number of piperazine rings is 1. The van der Waals surface area contributed by atoms with E-state index in [1.54, 1.807) is 17.0 Å². The van der Waals surface area contributed by atoms with Gasteiger partial charge in [-0.15, -0.1) is 0 Å². The van der Waals surface area contributed by atoms with E-state index < -0.39 is 29.7 Å². The van der Waals surface area contributed by atoms with Gasteiger partial charge in [0.1, 0.15) is 17.7 Å². The van der Waals surface area contributed by atoms with Crippen LogP contribution in [0.2, 0.25) is 0 Å². The summed E-state index contributed by atoms with van der Waals surface area (Å²) in [6, 6.07) is 9.00. The van der Waals surface area contributed by atoms with Crippen LogP contribution in [0.15, 0.2) is 53.0 Å². The molecular weight excluding hydrogens is 428 g/mol. The van der Waals surface area contributed by atoms with Crippen molar-refractivity contribution in [1.29, 1.82) is 0 Å². The summed E-state index contributed by atoms with van der Waals surface area (Å²) < 4.78 is 29.9. The molecule has 0 saturated carbocycles. The predicted molar refractivity (Wildman–Crippen MR) is 119 cm³/mol. The summed E-state index contributed by atoms with van der Waals surface area (Å²) in [5, 5.41) is 26.5. The molecule has 2 atom stereocenters.